The Labute approximate surface area is 112 Å². The largest absolute Gasteiger partial charge is 2.00 e. The normalized spacial score (nSPS) is 8.88. The summed E-state index contributed by atoms with van der Waals surface area (Å²) in [4.78, 5) is 0. The van der Waals surface area contributed by atoms with Crippen LogP contribution in [0.15, 0.2) is 0 Å². The van der Waals surface area contributed by atoms with Crippen LogP contribution in [0, 0.1) is 69.8 Å². The van der Waals surface area contributed by atoms with Crippen LogP contribution < -0.4 is 0 Å². The second-order valence-electron chi connectivity index (χ2n) is 1.38. The van der Waals surface area contributed by atoms with Crippen LogP contribution in [0.1, 0.15) is 6.92 Å². The topological polar surface area (TPSA) is 83.5 Å². The molecule has 0 aromatic heterocycles. The minimum absolute atomic E-state index is 0. The van der Waals surface area contributed by atoms with Gasteiger partial charge in [0.15, 0.2) is 0 Å². The molecule has 4 nitrogen and oxygen atoms in total. The molecule has 0 aromatic carbocycles. The zero-order valence-corrected chi connectivity index (χ0v) is 10.6. The SMILES string of the molecule is C[CH-]C#N.[C-]#[O+].[C-]#[O+].[C-]#[O+].[CH]1[CH][CH][CH][CH]1.[Mo+2]. The third kappa shape index (κ3) is 72.0. The Bertz CT molecular complexity index is 156. The third-order valence-corrected chi connectivity index (χ3v) is 0.685. The quantitative estimate of drug-likeness (QED) is 0.380. The molecule has 0 heterocycles. The van der Waals surface area contributed by atoms with Gasteiger partial charge in [0.25, 0.3) is 0 Å². The zero-order chi connectivity index (χ0) is 12.9. The molecule has 1 fully saturated rings. The van der Waals surface area contributed by atoms with Crippen molar-refractivity contribution < 1.29 is 35.0 Å². The summed E-state index contributed by atoms with van der Waals surface area (Å²) in [6, 6.07) is 1.81. The molecule has 1 rings (SSSR count). The van der Waals surface area contributed by atoms with E-state index in [0.717, 1.165) is 0 Å². The van der Waals surface area contributed by atoms with Crippen LogP contribution in [0.3, 0.4) is 0 Å². The van der Waals surface area contributed by atoms with Crippen molar-refractivity contribution in [3.63, 3.8) is 0 Å². The maximum Gasteiger partial charge on any atom is 2.00 e. The van der Waals surface area contributed by atoms with E-state index in [9.17, 15) is 0 Å². The van der Waals surface area contributed by atoms with Gasteiger partial charge in [-0.2, -0.15) is 6.92 Å². The molecule has 0 aliphatic heterocycles. The first-order chi connectivity index (χ1) is 7.41. The number of hydrogen-bond acceptors (Lipinski definition) is 1. The van der Waals surface area contributed by atoms with Crippen molar-refractivity contribution in [3.8, 4) is 6.07 Å². The maximum absolute atomic E-state index is 7.57. The Balaban J connectivity index is -0.0000000337. The fraction of sp³-hybridized carbons (Fsp3) is 0.0909. The van der Waals surface area contributed by atoms with Crippen molar-refractivity contribution in [2.75, 3.05) is 0 Å². The molecule has 1 aliphatic carbocycles. The van der Waals surface area contributed by atoms with E-state index in [4.69, 9.17) is 19.2 Å². The molecular weight excluding hydrogens is 290 g/mol. The van der Waals surface area contributed by atoms with Gasteiger partial charge in [-0.1, -0.05) is 0 Å². The summed E-state index contributed by atoms with van der Waals surface area (Å²) in [6.45, 7) is 15.2. The summed E-state index contributed by atoms with van der Waals surface area (Å²) in [5.41, 5.74) is 0. The van der Waals surface area contributed by atoms with Gasteiger partial charge in [-0.3, -0.25) is 6.42 Å². The summed E-state index contributed by atoms with van der Waals surface area (Å²) in [6.07, 6.45) is 11.4. The Morgan fingerprint density at radius 3 is 1.06 bits per heavy atom. The van der Waals surface area contributed by atoms with Crippen LogP contribution >= 0.6 is 0 Å². The minimum Gasteiger partial charge on any atom is -0.0312 e. The molecule has 0 amide bonds. The molecule has 0 bridgehead atoms. The maximum atomic E-state index is 7.57. The fourth-order valence-corrected chi connectivity index (χ4v) is 0.321. The molecule has 0 unspecified atom stereocenters. The molecule has 0 N–H and O–H groups in total. The Kier molecular flexibility index (Phi) is 118. The van der Waals surface area contributed by atoms with E-state index >= 15 is 0 Å². The van der Waals surface area contributed by atoms with Crippen molar-refractivity contribution in [1.29, 1.82) is 5.26 Å². The molecule has 16 heavy (non-hydrogen) atoms. The van der Waals surface area contributed by atoms with E-state index in [1.165, 1.54) is 6.42 Å². The van der Waals surface area contributed by atoms with E-state index < -0.39 is 0 Å². The van der Waals surface area contributed by atoms with Crippen molar-refractivity contribution in [2.24, 2.45) is 0 Å². The van der Waals surface area contributed by atoms with E-state index in [-0.39, 0.29) is 21.1 Å². The molecule has 0 atom stereocenters. The predicted molar refractivity (Wildman–Crippen MR) is 48.9 cm³/mol. The second-order valence-corrected chi connectivity index (χ2v) is 1.38. The monoisotopic (exact) mass is 301 g/mol. The smallest absolute Gasteiger partial charge is 0.0312 e. The first-order valence-electron chi connectivity index (χ1n) is 3.37. The van der Waals surface area contributed by atoms with Gasteiger partial charge in [0, 0.05) is 0 Å². The van der Waals surface area contributed by atoms with E-state index in [0.29, 0.717) is 0 Å². The van der Waals surface area contributed by atoms with Crippen LogP contribution in [0.2, 0.25) is 0 Å². The van der Waals surface area contributed by atoms with E-state index in [1.807, 2.05) is 32.1 Å². The van der Waals surface area contributed by atoms with Gasteiger partial charge in [0.05, 0.1) is 0 Å². The summed E-state index contributed by atoms with van der Waals surface area (Å²) < 4.78 is 22.5. The molecule has 5 heteroatoms. The minimum atomic E-state index is 0. The Hall–Kier alpha value is -0.732. The van der Waals surface area contributed by atoms with Gasteiger partial charge in [0.2, 0.25) is 0 Å². The van der Waals surface area contributed by atoms with Crippen LogP contribution in [-0.4, -0.2) is 0 Å². The van der Waals surface area contributed by atoms with Gasteiger partial charge in [0.1, 0.15) is 0 Å². The molecule has 1 aliphatic rings. The molecule has 1 saturated carbocycles. The van der Waals surface area contributed by atoms with Crippen LogP contribution in [0.4, 0.5) is 0 Å². The Morgan fingerprint density at radius 2 is 1.00 bits per heavy atom. The number of rotatable bonds is 0. The molecule has 0 spiro atoms. The standard InChI is InChI=1S/C5H5.C3H4N.3CO.Mo/c1-2-4-5-3-1;1-2-3-4;3*1-2;/h1-5H;2H,1H3;;;;/q;-1;;;;+2. The van der Waals surface area contributed by atoms with Crippen LogP contribution in [0.5, 0.6) is 0 Å². The zero-order valence-electron chi connectivity index (χ0n) is 8.54. The third-order valence-electron chi connectivity index (χ3n) is 0.685. The molecule has 5 radical (unpaired) electrons. The number of nitrogens with zero attached hydrogens (tertiary/aromatic N) is 1. The second kappa shape index (κ2) is 63.9. The summed E-state index contributed by atoms with van der Waals surface area (Å²) in [5, 5.41) is 7.57. The predicted octanol–water partition coefficient (Wildman–Crippen LogP) is 1.64. The van der Waals surface area contributed by atoms with Gasteiger partial charge < -0.3 is 0 Å². The van der Waals surface area contributed by atoms with Gasteiger partial charge >= 0.3 is 55.0 Å². The van der Waals surface area contributed by atoms with E-state index in [1.54, 1.807) is 13.0 Å². The number of hydrogen-bond donors (Lipinski definition) is 0. The molecule has 81 valence electrons. The average Bonchev–Trinajstić information content (AvgIpc) is 2.95. The van der Waals surface area contributed by atoms with E-state index in [2.05, 4.69) is 20.0 Å². The van der Waals surface area contributed by atoms with Crippen molar-refractivity contribution in [3.05, 3.63) is 58.5 Å². The first kappa shape index (κ1) is 29.5. The average molecular weight is 299 g/mol. The summed E-state index contributed by atoms with van der Waals surface area (Å²) >= 11 is 0. The summed E-state index contributed by atoms with van der Waals surface area (Å²) in [7, 11) is 0. The van der Waals surface area contributed by atoms with Gasteiger partial charge in [-0.15, -0.1) is 6.07 Å². The number of nitriles is 1. The molecular formula is C11H9MoNO3+. The van der Waals surface area contributed by atoms with Crippen molar-refractivity contribution in [2.45, 2.75) is 6.92 Å². The van der Waals surface area contributed by atoms with Crippen molar-refractivity contribution >= 4 is 0 Å². The first-order valence-corrected chi connectivity index (χ1v) is 3.37. The summed E-state index contributed by atoms with van der Waals surface area (Å²) in [5.74, 6) is 0. The van der Waals surface area contributed by atoms with Crippen molar-refractivity contribution in [1.82, 2.24) is 0 Å². The van der Waals surface area contributed by atoms with Crippen LogP contribution in [0.25, 0.3) is 0 Å². The molecule has 0 saturated heterocycles. The molecule has 0 aromatic rings. The van der Waals surface area contributed by atoms with Gasteiger partial charge in [-0.25, -0.2) is 5.26 Å². The van der Waals surface area contributed by atoms with Gasteiger partial charge in [-0.05, 0) is 32.1 Å². The van der Waals surface area contributed by atoms with Crippen LogP contribution in [-0.2, 0) is 35.0 Å². The Morgan fingerprint density at radius 1 is 0.875 bits per heavy atom. The fourth-order valence-electron chi connectivity index (χ4n) is 0.321.